The van der Waals surface area contributed by atoms with Gasteiger partial charge in [-0.15, -0.1) is 0 Å². The number of benzene rings is 2. The van der Waals surface area contributed by atoms with E-state index >= 15 is 0 Å². The molecule has 10 atom stereocenters. The fourth-order valence-electron chi connectivity index (χ4n) is 13.2. The van der Waals surface area contributed by atoms with Gasteiger partial charge in [0.2, 0.25) is 0 Å². The lowest BCUT2D eigenvalue weighted by molar-refractivity contribution is -0.222. The summed E-state index contributed by atoms with van der Waals surface area (Å²) in [6.45, 7) is 24.9. The highest BCUT2D eigenvalue weighted by Crippen LogP contribution is 2.67. The van der Waals surface area contributed by atoms with Gasteiger partial charge in [-0.2, -0.15) is 0 Å². The van der Waals surface area contributed by atoms with E-state index in [1.54, 1.807) is 24.3 Å². The van der Waals surface area contributed by atoms with E-state index in [0.29, 0.717) is 52.4 Å². The van der Waals surface area contributed by atoms with Crippen molar-refractivity contribution >= 4 is 32.0 Å². The molecule has 0 aliphatic heterocycles. The molecule has 0 spiro atoms. The minimum absolute atomic E-state index is 0.0641. The van der Waals surface area contributed by atoms with E-state index in [2.05, 4.69) is 68.4 Å². The van der Waals surface area contributed by atoms with Crippen LogP contribution in [0.15, 0.2) is 66.2 Å². The second-order valence-corrected chi connectivity index (χ2v) is 25.7. The summed E-state index contributed by atoms with van der Waals surface area (Å²) in [7, 11) is -1.97. The third kappa shape index (κ3) is 8.86. The first-order valence-electron chi connectivity index (χ1n) is 22.9. The number of esters is 3. The monoisotopic (exact) mass is 840 g/mol. The number of ketones is 1. The molecule has 0 bridgehead atoms. The van der Waals surface area contributed by atoms with Gasteiger partial charge in [0.15, 0.2) is 14.1 Å². The second kappa shape index (κ2) is 18.4. The summed E-state index contributed by atoms with van der Waals surface area (Å²) < 4.78 is 25.8. The Morgan fingerprint density at radius 1 is 0.733 bits per heavy atom. The van der Waals surface area contributed by atoms with Crippen LogP contribution in [-0.4, -0.2) is 56.9 Å². The standard InChI is InChI=1S/C51H72O8Si/c1-31(2)60(32(3)4,33(5)6)56-28-25-34(7)41-21-22-42-46-43(24-27-50(41,42)10)51(11)26-23-40(30-44(51)48(57-35(8)52)49(46)58-36(9)53)59-45(54)29-37-17-19-39(20-18-37)47(55)38-15-13-12-14-16-38/h12-20,22,31-34,40-41,43-44,46,48-49H,21,23-30H2,1-11H3/t34-,40-,41-,43+,44-,46+,48-,49-,50-,51-/m1/s1. The number of rotatable bonds is 15. The number of ether oxygens (including phenoxy) is 3. The predicted molar refractivity (Wildman–Crippen MR) is 238 cm³/mol. The molecule has 9 heteroatoms. The molecule has 328 valence electrons. The van der Waals surface area contributed by atoms with Crippen molar-refractivity contribution in [2.24, 2.45) is 40.4 Å². The lowest BCUT2D eigenvalue weighted by Gasteiger charge is -2.63. The minimum Gasteiger partial charge on any atom is -0.462 e. The largest absolute Gasteiger partial charge is 0.462 e. The Bertz CT molecular complexity index is 1860. The first-order chi connectivity index (χ1) is 28.3. The molecule has 2 aromatic carbocycles. The third-order valence-electron chi connectivity index (χ3n) is 15.9. The fourth-order valence-corrected chi connectivity index (χ4v) is 18.7. The van der Waals surface area contributed by atoms with Gasteiger partial charge in [-0.05, 0) is 95.7 Å². The predicted octanol–water partition coefficient (Wildman–Crippen LogP) is 11.3. The van der Waals surface area contributed by atoms with Crippen molar-refractivity contribution in [3.63, 3.8) is 0 Å². The average molecular weight is 841 g/mol. The van der Waals surface area contributed by atoms with E-state index in [1.807, 2.05) is 30.3 Å². The number of hydrogen-bond acceptors (Lipinski definition) is 8. The molecular formula is C51H72O8Si. The number of carbonyl (C=O) groups excluding carboxylic acids is 4. The number of carbonyl (C=O) groups is 4. The van der Waals surface area contributed by atoms with Crippen LogP contribution in [0.2, 0.25) is 16.6 Å². The molecular weight excluding hydrogens is 769 g/mol. The van der Waals surface area contributed by atoms with E-state index in [0.717, 1.165) is 44.3 Å². The van der Waals surface area contributed by atoms with Crippen molar-refractivity contribution in [3.05, 3.63) is 82.9 Å². The molecule has 3 saturated carbocycles. The Balaban J connectivity index is 1.18. The highest BCUT2D eigenvalue weighted by Gasteiger charge is 2.65. The first-order valence-corrected chi connectivity index (χ1v) is 25.0. The maximum Gasteiger partial charge on any atom is 0.310 e. The molecule has 8 nitrogen and oxygen atoms in total. The molecule has 0 heterocycles. The molecule has 60 heavy (non-hydrogen) atoms. The Hall–Kier alpha value is -3.56. The van der Waals surface area contributed by atoms with Gasteiger partial charge in [-0.1, -0.05) is 129 Å². The molecule has 6 rings (SSSR count). The summed E-state index contributed by atoms with van der Waals surface area (Å²) in [6.07, 6.45) is 6.97. The van der Waals surface area contributed by atoms with Crippen LogP contribution in [0.3, 0.4) is 0 Å². The Labute approximate surface area is 361 Å². The normalized spacial score (nSPS) is 30.5. The van der Waals surface area contributed by atoms with Gasteiger partial charge in [0, 0.05) is 43.4 Å². The quantitative estimate of drug-likeness (QED) is 0.0574. The van der Waals surface area contributed by atoms with Gasteiger partial charge in [0.1, 0.15) is 18.3 Å². The summed E-state index contributed by atoms with van der Waals surface area (Å²) in [5, 5.41) is 0. The molecule has 0 radical (unpaired) electrons. The molecule has 0 saturated heterocycles. The molecule has 0 N–H and O–H groups in total. The summed E-state index contributed by atoms with van der Waals surface area (Å²) in [4.78, 5) is 52.3. The lowest BCUT2D eigenvalue weighted by atomic mass is 9.44. The minimum atomic E-state index is -1.97. The smallest absolute Gasteiger partial charge is 0.310 e. The lowest BCUT2D eigenvalue weighted by Crippen LogP contribution is -2.64. The maximum atomic E-state index is 13.5. The van der Waals surface area contributed by atoms with Crippen molar-refractivity contribution in [3.8, 4) is 0 Å². The van der Waals surface area contributed by atoms with Crippen molar-refractivity contribution in [1.82, 2.24) is 0 Å². The SMILES string of the molecule is CC(=O)O[C@H]1[C@H](OC(C)=O)[C@H]2C[C@H](OC(=O)Cc3ccc(C(=O)c4ccccc4)cc3)CC[C@]2(C)[C@H]2CC[C@@]3(C)C(=CC[C@@H]3[C@H](C)CCO[Si](C(C)C)(C(C)C)C(C)C)[C@H]12. The molecule has 0 amide bonds. The molecule has 2 aromatic rings. The van der Waals surface area contributed by atoms with Crippen molar-refractivity contribution in [2.75, 3.05) is 6.61 Å². The highest BCUT2D eigenvalue weighted by atomic mass is 28.4. The molecule has 4 aliphatic carbocycles. The van der Waals surface area contributed by atoms with Crippen LogP contribution in [0.4, 0.5) is 0 Å². The number of allylic oxidation sites excluding steroid dienone is 1. The van der Waals surface area contributed by atoms with Crippen LogP contribution < -0.4 is 0 Å². The van der Waals surface area contributed by atoms with E-state index in [4.69, 9.17) is 18.6 Å². The van der Waals surface area contributed by atoms with Gasteiger partial charge in [-0.3, -0.25) is 19.2 Å². The van der Waals surface area contributed by atoms with Gasteiger partial charge < -0.3 is 18.6 Å². The van der Waals surface area contributed by atoms with Gasteiger partial charge in [0.05, 0.1) is 6.42 Å². The first kappa shape index (κ1) is 46.0. The summed E-state index contributed by atoms with van der Waals surface area (Å²) in [6, 6.07) is 16.3. The van der Waals surface area contributed by atoms with Crippen LogP contribution in [0.5, 0.6) is 0 Å². The topological polar surface area (TPSA) is 105 Å². The van der Waals surface area contributed by atoms with E-state index in [9.17, 15) is 19.2 Å². The van der Waals surface area contributed by atoms with E-state index in [1.165, 1.54) is 19.4 Å². The van der Waals surface area contributed by atoms with Crippen molar-refractivity contribution in [1.29, 1.82) is 0 Å². The molecule has 3 fully saturated rings. The maximum absolute atomic E-state index is 13.5. The Morgan fingerprint density at radius 3 is 1.93 bits per heavy atom. The number of hydrogen-bond donors (Lipinski definition) is 0. The summed E-state index contributed by atoms with van der Waals surface area (Å²) in [5.41, 5.74) is 4.68. The summed E-state index contributed by atoms with van der Waals surface area (Å²) in [5.74, 6) is -0.296. The second-order valence-electron chi connectivity index (χ2n) is 20.2. The van der Waals surface area contributed by atoms with Crippen molar-refractivity contribution in [2.45, 2.75) is 162 Å². The van der Waals surface area contributed by atoms with E-state index in [-0.39, 0.29) is 58.8 Å². The zero-order valence-electron chi connectivity index (χ0n) is 38.3. The molecule has 0 aromatic heterocycles. The Morgan fingerprint density at radius 2 is 1.33 bits per heavy atom. The zero-order valence-corrected chi connectivity index (χ0v) is 39.3. The van der Waals surface area contributed by atoms with Crippen LogP contribution in [0.25, 0.3) is 0 Å². The van der Waals surface area contributed by atoms with Crippen LogP contribution in [0, 0.1) is 40.4 Å². The molecule has 0 unspecified atom stereocenters. The average Bonchev–Trinajstić information content (AvgIpc) is 3.55. The van der Waals surface area contributed by atoms with E-state index < -0.39 is 26.5 Å². The van der Waals surface area contributed by atoms with Gasteiger partial charge in [-0.25, -0.2) is 0 Å². The number of fused-ring (bicyclic) bond motifs is 5. The summed E-state index contributed by atoms with van der Waals surface area (Å²) >= 11 is 0. The molecule has 4 aliphatic rings. The fraction of sp³-hybridized carbons (Fsp3) is 0.647. The third-order valence-corrected chi connectivity index (χ3v) is 22.1. The van der Waals surface area contributed by atoms with Gasteiger partial charge in [0.25, 0.3) is 0 Å². The van der Waals surface area contributed by atoms with Crippen LogP contribution >= 0.6 is 0 Å². The van der Waals surface area contributed by atoms with Gasteiger partial charge >= 0.3 is 17.9 Å². The van der Waals surface area contributed by atoms with Crippen LogP contribution in [-0.2, 0) is 39.4 Å². The van der Waals surface area contributed by atoms with Crippen LogP contribution in [0.1, 0.15) is 143 Å². The van der Waals surface area contributed by atoms with Crippen molar-refractivity contribution < 1.29 is 37.8 Å². The zero-order chi connectivity index (χ0) is 43.7. The highest BCUT2D eigenvalue weighted by molar-refractivity contribution is 6.77. The Kier molecular flexibility index (Phi) is 14.1.